The normalized spacial score (nSPS) is 11.9. The Hall–Kier alpha value is -1.26. The number of carbonyl (C=O) groups excluding carboxylic acids is 1. The number of benzene rings is 1. The van der Waals surface area contributed by atoms with Crippen LogP contribution >= 0.6 is 12.4 Å². The average Bonchev–Trinajstić information content (AvgIpc) is 2.38. The maximum Gasteiger partial charge on any atom is 0.222 e. The smallest absolute Gasteiger partial charge is 0.222 e. The van der Waals surface area contributed by atoms with Crippen molar-refractivity contribution < 1.29 is 9.53 Å². The van der Waals surface area contributed by atoms with Gasteiger partial charge < -0.3 is 15.0 Å². The monoisotopic (exact) mass is 300 g/mol. The Morgan fingerprint density at radius 2 is 1.90 bits per heavy atom. The summed E-state index contributed by atoms with van der Waals surface area (Å²) in [4.78, 5) is 13.8. The molecule has 0 saturated heterocycles. The number of hydrogen-bond acceptors (Lipinski definition) is 3. The van der Waals surface area contributed by atoms with Crippen molar-refractivity contribution in [3.05, 3.63) is 29.8 Å². The number of nitrogens with zero attached hydrogens (tertiary/aromatic N) is 1. The molecule has 0 saturated carbocycles. The lowest BCUT2D eigenvalue weighted by atomic mass is 10.0. The van der Waals surface area contributed by atoms with Crippen LogP contribution in [0.3, 0.4) is 0 Å². The molecular formula is C15H25ClN2O2. The molecule has 0 aliphatic heterocycles. The third-order valence-electron chi connectivity index (χ3n) is 3.12. The largest absolute Gasteiger partial charge is 0.496 e. The molecule has 1 aromatic carbocycles. The van der Waals surface area contributed by atoms with Crippen LogP contribution in [0.2, 0.25) is 0 Å². The van der Waals surface area contributed by atoms with Gasteiger partial charge in [0.2, 0.25) is 5.91 Å². The van der Waals surface area contributed by atoms with Gasteiger partial charge in [0.05, 0.1) is 13.2 Å². The van der Waals surface area contributed by atoms with E-state index in [-0.39, 0.29) is 30.3 Å². The van der Waals surface area contributed by atoms with Crippen molar-refractivity contribution in [1.82, 2.24) is 10.2 Å². The predicted molar refractivity (Wildman–Crippen MR) is 84.5 cm³/mol. The lowest BCUT2D eigenvalue weighted by Crippen LogP contribution is -2.36. The summed E-state index contributed by atoms with van der Waals surface area (Å²) < 4.78 is 5.39. The molecule has 5 heteroatoms. The van der Waals surface area contributed by atoms with E-state index < -0.39 is 0 Å². The number of likely N-dealkylation sites (N-methyl/N-ethyl adjacent to an activating group) is 1. The Kier molecular flexibility index (Phi) is 8.26. The maximum atomic E-state index is 11.7. The van der Waals surface area contributed by atoms with Crippen LogP contribution in [-0.4, -0.2) is 38.6 Å². The summed E-state index contributed by atoms with van der Waals surface area (Å²) in [6.07, 6.45) is 0. The summed E-state index contributed by atoms with van der Waals surface area (Å²) in [5.74, 6) is 0.919. The second-order valence-corrected chi connectivity index (χ2v) is 5.12. The molecule has 4 nitrogen and oxygen atoms in total. The molecule has 0 aliphatic rings. The van der Waals surface area contributed by atoms with Crippen LogP contribution in [0.4, 0.5) is 0 Å². The molecule has 0 spiro atoms. The Balaban J connectivity index is 0.00000361. The Morgan fingerprint density at radius 1 is 1.30 bits per heavy atom. The number of ether oxygens (including phenoxy) is 1. The van der Waals surface area contributed by atoms with E-state index in [9.17, 15) is 4.79 Å². The van der Waals surface area contributed by atoms with Crippen LogP contribution in [-0.2, 0) is 4.79 Å². The molecule has 0 aromatic heterocycles. The van der Waals surface area contributed by atoms with Crippen LogP contribution in [0.25, 0.3) is 0 Å². The second-order valence-electron chi connectivity index (χ2n) is 5.12. The van der Waals surface area contributed by atoms with Crippen molar-refractivity contribution in [2.24, 2.45) is 5.92 Å². The van der Waals surface area contributed by atoms with Crippen molar-refractivity contribution in [3.8, 4) is 5.75 Å². The van der Waals surface area contributed by atoms with Crippen LogP contribution in [0, 0.1) is 5.92 Å². The third-order valence-corrected chi connectivity index (χ3v) is 3.12. The van der Waals surface area contributed by atoms with E-state index in [1.54, 1.807) is 7.11 Å². The highest BCUT2D eigenvalue weighted by atomic mass is 35.5. The van der Waals surface area contributed by atoms with Crippen LogP contribution in [0.15, 0.2) is 24.3 Å². The summed E-state index contributed by atoms with van der Waals surface area (Å²) in [6.45, 7) is 4.36. The van der Waals surface area contributed by atoms with E-state index in [4.69, 9.17) is 4.74 Å². The predicted octanol–water partition coefficient (Wildman–Crippen LogP) is 2.49. The first-order chi connectivity index (χ1) is 8.97. The van der Waals surface area contributed by atoms with E-state index in [0.29, 0.717) is 6.54 Å². The summed E-state index contributed by atoms with van der Waals surface area (Å²) in [5, 5.41) is 2.98. The molecule has 1 atom stereocenters. The Labute approximate surface area is 127 Å². The van der Waals surface area contributed by atoms with E-state index in [1.807, 2.05) is 52.2 Å². The first-order valence-corrected chi connectivity index (χ1v) is 6.54. The summed E-state index contributed by atoms with van der Waals surface area (Å²) >= 11 is 0. The molecule has 1 aromatic rings. The van der Waals surface area contributed by atoms with Gasteiger partial charge in [0.25, 0.3) is 0 Å². The van der Waals surface area contributed by atoms with Crippen LogP contribution < -0.4 is 10.1 Å². The fourth-order valence-electron chi connectivity index (χ4n) is 1.91. The maximum absolute atomic E-state index is 11.7. The van der Waals surface area contributed by atoms with E-state index in [2.05, 4.69) is 10.2 Å². The highest BCUT2D eigenvalue weighted by Gasteiger charge is 2.19. The van der Waals surface area contributed by atoms with Crippen LogP contribution in [0.1, 0.15) is 25.5 Å². The van der Waals surface area contributed by atoms with Gasteiger partial charge in [0.15, 0.2) is 0 Å². The SMILES string of the molecule is COc1ccccc1C(CNC(=O)C(C)C)N(C)C.Cl. The van der Waals surface area contributed by atoms with E-state index >= 15 is 0 Å². The number of carbonyl (C=O) groups is 1. The zero-order chi connectivity index (χ0) is 14.4. The van der Waals surface area contributed by atoms with Crippen LogP contribution in [0.5, 0.6) is 5.75 Å². The van der Waals surface area contributed by atoms with Gasteiger partial charge in [-0.05, 0) is 20.2 Å². The number of hydrogen-bond donors (Lipinski definition) is 1. The Morgan fingerprint density at radius 3 is 2.40 bits per heavy atom. The Bertz CT molecular complexity index is 422. The van der Waals surface area contributed by atoms with Crippen molar-refractivity contribution in [3.63, 3.8) is 0 Å². The molecular weight excluding hydrogens is 276 g/mol. The summed E-state index contributed by atoms with van der Waals surface area (Å²) in [6, 6.07) is 8.00. The fourth-order valence-corrected chi connectivity index (χ4v) is 1.91. The van der Waals surface area contributed by atoms with E-state index in [1.165, 1.54) is 0 Å². The van der Waals surface area contributed by atoms with Crippen molar-refractivity contribution in [2.75, 3.05) is 27.7 Å². The van der Waals surface area contributed by atoms with Gasteiger partial charge in [-0.3, -0.25) is 4.79 Å². The lowest BCUT2D eigenvalue weighted by Gasteiger charge is -2.26. The quantitative estimate of drug-likeness (QED) is 0.877. The molecule has 0 aliphatic carbocycles. The molecule has 0 fully saturated rings. The van der Waals surface area contributed by atoms with Gasteiger partial charge in [0.1, 0.15) is 5.75 Å². The zero-order valence-electron chi connectivity index (χ0n) is 12.8. The molecule has 1 amide bonds. The van der Waals surface area contributed by atoms with Gasteiger partial charge in [-0.25, -0.2) is 0 Å². The minimum atomic E-state index is 0. The topological polar surface area (TPSA) is 41.6 Å². The van der Waals surface area contributed by atoms with Crippen molar-refractivity contribution in [2.45, 2.75) is 19.9 Å². The molecule has 20 heavy (non-hydrogen) atoms. The molecule has 0 bridgehead atoms. The molecule has 1 N–H and O–H groups in total. The first-order valence-electron chi connectivity index (χ1n) is 6.54. The summed E-state index contributed by atoms with van der Waals surface area (Å²) in [5.41, 5.74) is 1.08. The van der Waals surface area contributed by atoms with Gasteiger partial charge in [0, 0.05) is 18.0 Å². The number of nitrogens with one attached hydrogen (secondary N) is 1. The minimum Gasteiger partial charge on any atom is -0.496 e. The minimum absolute atomic E-state index is 0. The standard InChI is InChI=1S/C15H24N2O2.ClH/c1-11(2)15(18)16-10-13(17(3)4)12-8-6-7-9-14(12)19-5;/h6-9,11,13H,10H2,1-5H3,(H,16,18);1H. The molecule has 114 valence electrons. The van der Waals surface area contributed by atoms with Gasteiger partial charge in [-0.2, -0.15) is 0 Å². The van der Waals surface area contributed by atoms with Crippen molar-refractivity contribution in [1.29, 1.82) is 0 Å². The second kappa shape index (κ2) is 8.82. The average molecular weight is 301 g/mol. The van der Waals surface area contributed by atoms with Gasteiger partial charge in [-0.15, -0.1) is 12.4 Å². The number of para-hydroxylation sites is 1. The fraction of sp³-hybridized carbons (Fsp3) is 0.533. The summed E-state index contributed by atoms with van der Waals surface area (Å²) in [7, 11) is 5.66. The highest BCUT2D eigenvalue weighted by molar-refractivity contribution is 5.85. The van der Waals surface area contributed by atoms with Crippen molar-refractivity contribution >= 4 is 18.3 Å². The zero-order valence-corrected chi connectivity index (χ0v) is 13.7. The van der Waals surface area contributed by atoms with Gasteiger partial charge >= 0.3 is 0 Å². The van der Waals surface area contributed by atoms with E-state index in [0.717, 1.165) is 11.3 Å². The molecule has 0 radical (unpaired) electrons. The molecule has 0 heterocycles. The lowest BCUT2D eigenvalue weighted by molar-refractivity contribution is -0.124. The third kappa shape index (κ3) is 5.02. The molecule has 1 unspecified atom stereocenters. The van der Waals surface area contributed by atoms with Gasteiger partial charge in [-0.1, -0.05) is 32.0 Å². The first kappa shape index (κ1) is 18.7. The number of halogens is 1. The number of amides is 1. The molecule has 1 rings (SSSR count). The number of methoxy groups -OCH3 is 1. The highest BCUT2D eigenvalue weighted by Crippen LogP contribution is 2.27. The number of rotatable bonds is 6.